The molecule has 0 bridgehead atoms. The molecule has 0 spiro atoms. The van der Waals surface area contributed by atoms with Gasteiger partial charge in [0.2, 0.25) is 11.8 Å². The number of hydrogen-bond donors (Lipinski definition) is 1. The van der Waals surface area contributed by atoms with Crippen LogP contribution in [-0.4, -0.2) is 43.8 Å². The second-order valence-corrected chi connectivity index (χ2v) is 14.7. The van der Waals surface area contributed by atoms with E-state index in [0.717, 1.165) is 52.4 Å². The summed E-state index contributed by atoms with van der Waals surface area (Å²) in [6, 6.07) is 30.1. The van der Waals surface area contributed by atoms with Crippen LogP contribution in [0, 0.1) is 13.8 Å². The minimum absolute atomic E-state index is 0.0542. The minimum atomic E-state index is -4.15. The van der Waals surface area contributed by atoms with Crippen LogP contribution in [0.4, 0.5) is 5.69 Å². The molecule has 7 nitrogen and oxygen atoms in total. The summed E-state index contributed by atoms with van der Waals surface area (Å²) in [6.45, 7) is 3.37. The van der Waals surface area contributed by atoms with Crippen LogP contribution in [-0.2, 0) is 32.6 Å². The van der Waals surface area contributed by atoms with Crippen LogP contribution in [0.15, 0.2) is 112 Å². The van der Waals surface area contributed by atoms with Crippen LogP contribution in [0.3, 0.4) is 0 Å². The normalized spacial score (nSPS) is 14.1. The summed E-state index contributed by atoms with van der Waals surface area (Å²) in [7, 11) is -4.15. The highest BCUT2D eigenvalue weighted by molar-refractivity contribution is 9.10. The van der Waals surface area contributed by atoms with Crippen LogP contribution >= 0.6 is 15.9 Å². The molecule has 0 aromatic heterocycles. The first-order valence-corrected chi connectivity index (χ1v) is 17.9. The van der Waals surface area contributed by atoms with Gasteiger partial charge in [-0.1, -0.05) is 102 Å². The summed E-state index contributed by atoms with van der Waals surface area (Å²) in [5, 5.41) is 3.22. The summed E-state index contributed by atoms with van der Waals surface area (Å²) in [5.74, 6) is -0.703. The first-order valence-electron chi connectivity index (χ1n) is 15.6. The highest BCUT2D eigenvalue weighted by Gasteiger charge is 2.36. The molecule has 2 amide bonds. The number of carbonyl (C=O) groups excluding carboxylic acids is 2. The Kier molecular flexibility index (Phi) is 11.0. The third-order valence-corrected chi connectivity index (χ3v) is 10.7. The van der Waals surface area contributed by atoms with E-state index in [2.05, 4.69) is 21.2 Å². The number of hydrogen-bond acceptors (Lipinski definition) is 4. The molecule has 1 N–H and O–H groups in total. The Balaban J connectivity index is 1.58. The molecule has 0 aliphatic heterocycles. The van der Waals surface area contributed by atoms with Gasteiger partial charge >= 0.3 is 0 Å². The molecule has 1 aliphatic carbocycles. The van der Waals surface area contributed by atoms with Crippen molar-refractivity contribution in [1.29, 1.82) is 0 Å². The van der Waals surface area contributed by atoms with Crippen molar-refractivity contribution >= 4 is 43.5 Å². The monoisotopic (exact) mass is 701 g/mol. The highest BCUT2D eigenvalue weighted by atomic mass is 79.9. The van der Waals surface area contributed by atoms with Crippen LogP contribution in [0.1, 0.15) is 47.9 Å². The molecule has 46 heavy (non-hydrogen) atoms. The van der Waals surface area contributed by atoms with Crippen molar-refractivity contribution in [2.75, 3.05) is 10.8 Å². The fourth-order valence-electron chi connectivity index (χ4n) is 5.97. The highest BCUT2D eigenvalue weighted by Crippen LogP contribution is 2.29. The zero-order chi connectivity index (χ0) is 32.7. The zero-order valence-electron chi connectivity index (χ0n) is 26.2. The molecule has 5 rings (SSSR count). The smallest absolute Gasteiger partial charge is 0.264 e. The number of nitrogens with zero attached hydrogens (tertiary/aromatic N) is 2. The second kappa shape index (κ2) is 15.1. The zero-order valence-corrected chi connectivity index (χ0v) is 28.6. The van der Waals surface area contributed by atoms with E-state index < -0.39 is 28.5 Å². The molecular weight excluding hydrogens is 662 g/mol. The lowest BCUT2D eigenvalue weighted by atomic mass is 10.0. The van der Waals surface area contributed by atoms with E-state index in [1.54, 1.807) is 29.2 Å². The van der Waals surface area contributed by atoms with Crippen LogP contribution in [0.2, 0.25) is 0 Å². The van der Waals surface area contributed by atoms with Gasteiger partial charge in [0.15, 0.2) is 0 Å². The topological polar surface area (TPSA) is 86.8 Å². The molecule has 0 heterocycles. The van der Waals surface area contributed by atoms with Crippen molar-refractivity contribution in [2.24, 2.45) is 0 Å². The lowest BCUT2D eigenvalue weighted by Gasteiger charge is -2.34. The maximum Gasteiger partial charge on any atom is 0.264 e. The molecule has 0 radical (unpaired) electrons. The number of rotatable bonds is 12. The second-order valence-electron chi connectivity index (χ2n) is 12.0. The average Bonchev–Trinajstić information content (AvgIpc) is 3.56. The van der Waals surface area contributed by atoms with E-state index in [-0.39, 0.29) is 29.8 Å². The maximum atomic E-state index is 14.7. The van der Waals surface area contributed by atoms with Crippen LogP contribution < -0.4 is 9.62 Å². The fourth-order valence-corrected chi connectivity index (χ4v) is 7.91. The first-order chi connectivity index (χ1) is 22.1. The Hall–Kier alpha value is -3.95. The van der Waals surface area contributed by atoms with Gasteiger partial charge in [0.25, 0.3) is 10.0 Å². The van der Waals surface area contributed by atoms with E-state index >= 15 is 0 Å². The number of carbonyl (C=O) groups is 2. The van der Waals surface area contributed by atoms with E-state index in [0.29, 0.717) is 5.69 Å². The summed E-state index contributed by atoms with van der Waals surface area (Å²) in [5.41, 5.74) is 3.74. The Morgan fingerprint density at radius 1 is 0.848 bits per heavy atom. The molecular formula is C37H40BrN3O4S. The van der Waals surface area contributed by atoms with Crippen molar-refractivity contribution in [3.63, 3.8) is 0 Å². The SMILES string of the molecule is Cc1ccc(C)c(N(CC(=O)N(Cc2cccc(Br)c2)C(Cc2ccccc2)C(=O)NC2CCCC2)S(=O)(=O)c2ccccc2)c1. The number of amides is 2. The summed E-state index contributed by atoms with van der Waals surface area (Å²) >= 11 is 3.53. The van der Waals surface area contributed by atoms with E-state index in [9.17, 15) is 18.0 Å². The molecule has 1 saturated carbocycles. The van der Waals surface area contributed by atoms with Crippen molar-refractivity contribution in [3.8, 4) is 0 Å². The molecule has 240 valence electrons. The Morgan fingerprint density at radius 2 is 1.50 bits per heavy atom. The Bertz CT molecular complexity index is 1760. The molecule has 0 saturated heterocycles. The number of anilines is 1. The number of benzene rings is 4. The number of halogens is 1. The van der Waals surface area contributed by atoms with E-state index in [1.807, 2.05) is 80.6 Å². The van der Waals surface area contributed by atoms with E-state index in [4.69, 9.17) is 0 Å². The van der Waals surface area contributed by atoms with Gasteiger partial charge in [0.05, 0.1) is 10.6 Å². The first kappa shape index (κ1) is 33.4. The van der Waals surface area contributed by atoms with Crippen molar-refractivity contribution < 1.29 is 18.0 Å². The predicted molar refractivity (Wildman–Crippen MR) is 186 cm³/mol. The largest absolute Gasteiger partial charge is 0.352 e. The standard InChI is InChI=1S/C37H40BrN3O4S/c1-27-20-21-28(2)34(22-27)41(46(44,45)33-18-7-4-8-19-33)26-36(42)40(25-30-14-11-15-31(38)23-30)35(24-29-12-5-3-6-13-29)37(43)39-32-16-9-10-17-32/h3-8,11-15,18-23,32,35H,9-10,16-17,24-26H2,1-2H3,(H,39,43). The average molecular weight is 703 g/mol. The Labute approximate surface area is 280 Å². The van der Waals surface area contributed by atoms with Crippen LogP contribution in [0.25, 0.3) is 0 Å². The fraction of sp³-hybridized carbons (Fsp3) is 0.297. The number of aryl methyl sites for hydroxylation is 2. The molecule has 1 atom stereocenters. The third-order valence-electron chi connectivity index (χ3n) is 8.46. The predicted octanol–water partition coefficient (Wildman–Crippen LogP) is 6.96. The van der Waals surface area contributed by atoms with Gasteiger partial charge in [-0.05, 0) is 79.3 Å². The van der Waals surface area contributed by atoms with Gasteiger partial charge in [-0.2, -0.15) is 0 Å². The number of sulfonamides is 1. The summed E-state index contributed by atoms with van der Waals surface area (Å²) in [6.07, 6.45) is 4.19. The van der Waals surface area contributed by atoms with Gasteiger partial charge in [0.1, 0.15) is 12.6 Å². The van der Waals surface area contributed by atoms with Gasteiger partial charge in [-0.25, -0.2) is 8.42 Å². The molecule has 1 unspecified atom stereocenters. The molecule has 1 fully saturated rings. The molecule has 1 aliphatic rings. The lowest BCUT2D eigenvalue weighted by Crippen LogP contribution is -2.54. The Morgan fingerprint density at radius 3 is 2.17 bits per heavy atom. The quantitative estimate of drug-likeness (QED) is 0.173. The molecule has 9 heteroatoms. The van der Waals surface area contributed by atoms with Crippen molar-refractivity contribution in [2.45, 2.75) is 69.5 Å². The molecule has 4 aromatic rings. The van der Waals surface area contributed by atoms with Gasteiger partial charge < -0.3 is 10.2 Å². The maximum absolute atomic E-state index is 14.7. The number of nitrogens with one attached hydrogen (secondary N) is 1. The molecule has 4 aromatic carbocycles. The van der Waals surface area contributed by atoms with Gasteiger partial charge in [0, 0.05) is 23.5 Å². The van der Waals surface area contributed by atoms with Crippen LogP contribution in [0.5, 0.6) is 0 Å². The third kappa shape index (κ3) is 8.25. The van der Waals surface area contributed by atoms with Crippen molar-refractivity contribution in [3.05, 3.63) is 130 Å². The van der Waals surface area contributed by atoms with Crippen molar-refractivity contribution in [1.82, 2.24) is 10.2 Å². The summed E-state index contributed by atoms with van der Waals surface area (Å²) in [4.78, 5) is 30.5. The lowest BCUT2D eigenvalue weighted by molar-refractivity contribution is -0.140. The summed E-state index contributed by atoms with van der Waals surface area (Å²) < 4.78 is 30.5. The van der Waals surface area contributed by atoms with Gasteiger partial charge in [-0.3, -0.25) is 13.9 Å². The van der Waals surface area contributed by atoms with E-state index in [1.165, 1.54) is 16.4 Å². The minimum Gasteiger partial charge on any atom is -0.352 e. The van der Waals surface area contributed by atoms with Gasteiger partial charge in [-0.15, -0.1) is 0 Å².